The zero-order chi connectivity index (χ0) is 27.4. The van der Waals surface area contributed by atoms with Crippen molar-refractivity contribution in [3.63, 3.8) is 0 Å². The number of ketones is 1. The van der Waals surface area contributed by atoms with Crippen LogP contribution in [0.25, 0.3) is 0 Å². The highest BCUT2D eigenvalue weighted by atomic mass is 127. The maximum Gasteiger partial charge on any atom is 0.253 e. The second-order valence-electron chi connectivity index (χ2n) is 7.58. The van der Waals surface area contributed by atoms with E-state index in [1.165, 1.54) is 0 Å². The van der Waals surface area contributed by atoms with Gasteiger partial charge < -0.3 is 36.4 Å². The van der Waals surface area contributed by atoms with Gasteiger partial charge in [-0.1, -0.05) is 6.58 Å². The van der Waals surface area contributed by atoms with Crippen molar-refractivity contribution in [2.24, 2.45) is 0 Å². The lowest BCUT2D eigenvalue weighted by atomic mass is 9.99. The zero-order valence-corrected chi connectivity index (χ0v) is 25.6. The van der Waals surface area contributed by atoms with E-state index in [1.807, 2.05) is 67.8 Å². The molecule has 0 radical (unpaired) electrons. The molecule has 1 aromatic rings. The highest BCUT2D eigenvalue weighted by Gasteiger charge is 2.28. The lowest BCUT2D eigenvalue weighted by Gasteiger charge is -2.20. The van der Waals surface area contributed by atoms with Crippen LogP contribution in [0.5, 0.6) is 0 Å². The molecule has 0 aromatic heterocycles. The summed E-state index contributed by atoms with van der Waals surface area (Å²) in [5.74, 6) is -1.70. The summed E-state index contributed by atoms with van der Waals surface area (Å²) in [4.78, 5) is 50.0. The van der Waals surface area contributed by atoms with E-state index in [-0.39, 0.29) is 48.7 Å². The van der Waals surface area contributed by atoms with Crippen LogP contribution in [-0.2, 0) is 16.0 Å². The van der Waals surface area contributed by atoms with Crippen molar-refractivity contribution in [1.29, 1.82) is 0 Å². The third kappa shape index (κ3) is 10.1. The first-order valence-corrected chi connectivity index (χ1v) is 14.0. The Kier molecular flexibility index (Phi) is 15.5. The molecule has 1 rings (SSSR count). The number of Topliss-reactive ketones (excluding diaryl/α,β-unsaturated/α-hetero) is 1. The molecule has 0 saturated heterocycles. The Labute approximate surface area is 249 Å². The fourth-order valence-electron chi connectivity index (χ4n) is 2.85. The molecule has 0 bridgehead atoms. The van der Waals surface area contributed by atoms with Gasteiger partial charge in [0, 0.05) is 43.2 Å². The number of hydrogen-bond acceptors (Lipinski definition) is 8. The molecule has 36 heavy (non-hydrogen) atoms. The number of aliphatic hydroxyl groups excluding tert-OH is 4. The molecule has 0 aliphatic heterocycles. The highest BCUT2D eigenvalue weighted by molar-refractivity contribution is 14.1. The Morgan fingerprint density at radius 3 is 1.72 bits per heavy atom. The minimum atomic E-state index is -1.17. The normalized spacial score (nSPS) is 12.4. The molecule has 0 spiro atoms. The highest BCUT2D eigenvalue weighted by Crippen LogP contribution is 2.33. The summed E-state index contributed by atoms with van der Waals surface area (Å²) in [6.45, 7) is 2.12. The Hall–Kier alpha value is -0.930. The van der Waals surface area contributed by atoms with E-state index in [1.54, 1.807) is 0 Å². The number of amides is 3. The lowest BCUT2D eigenvalue weighted by Crippen LogP contribution is -2.37. The summed E-state index contributed by atoms with van der Waals surface area (Å²) in [7, 11) is 0. The maximum absolute atomic E-state index is 13.0. The number of rotatable bonds is 15. The van der Waals surface area contributed by atoms with Crippen LogP contribution in [0, 0.1) is 10.7 Å². The molecular weight excluding hydrogens is 815 g/mol. The van der Waals surface area contributed by atoms with Crippen LogP contribution < -0.4 is 16.0 Å². The largest absolute Gasteiger partial charge is 0.394 e. The van der Waals surface area contributed by atoms with Gasteiger partial charge in [0.05, 0.1) is 36.5 Å². The molecule has 7 N–H and O–H groups in total. The Morgan fingerprint density at radius 2 is 1.31 bits per heavy atom. The van der Waals surface area contributed by atoms with Crippen molar-refractivity contribution in [3.8, 4) is 0 Å². The van der Waals surface area contributed by atoms with Gasteiger partial charge in [-0.05, 0) is 85.8 Å². The smallest absolute Gasteiger partial charge is 0.253 e. The van der Waals surface area contributed by atoms with Crippen molar-refractivity contribution >= 4 is 91.3 Å². The molecular formula is C22H28I3N3O8. The predicted octanol–water partition coefficient (Wildman–Crippen LogP) is -0.140. The van der Waals surface area contributed by atoms with E-state index < -0.39 is 37.2 Å². The number of carbonyl (C=O) groups is 4. The third-order valence-electron chi connectivity index (χ3n) is 4.77. The molecule has 0 aliphatic rings. The first kappa shape index (κ1) is 33.1. The van der Waals surface area contributed by atoms with Gasteiger partial charge in [-0.15, -0.1) is 0 Å². The van der Waals surface area contributed by atoms with Crippen LogP contribution >= 0.6 is 67.8 Å². The summed E-state index contributed by atoms with van der Waals surface area (Å²) in [5, 5.41) is 44.9. The SMILES string of the molecule is C=CC(=O)NCCCC(=O)Cc1c(I)c(C(=O)NCC(O)CO)c(I)c(C(=O)NCC(O)CO)c1I. The molecule has 0 aliphatic carbocycles. The van der Waals surface area contributed by atoms with Gasteiger partial charge in [-0.25, -0.2) is 0 Å². The lowest BCUT2D eigenvalue weighted by molar-refractivity contribution is -0.119. The van der Waals surface area contributed by atoms with Gasteiger partial charge in [0.2, 0.25) is 5.91 Å². The van der Waals surface area contributed by atoms with Crippen molar-refractivity contribution < 1.29 is 39.6 Å². The Bertz CT molecular complexity index is 937. The van der Waals surface area contributed by atoms with Gasteiger partial charge in [-0.3, -0.25) is 19.2 Å². The van der Waals surface area contributed by atoms with Crippen LogP contribution in [0.1, 0.15) is 39.1 Å². The van der Waals surface area contributed by atoms with Crippen LogP contribution in [0.4, 0.5) is 0 Å². The van der Waals surface area contributed by atoms with Crippen molar-refractivity contribution in [2.45, 2.75) is 31.5 Å². The maximum atomic E-state index is 13.0. The van der Waals surface area contributed by atoms with E-state index >= 15 is 0 Å². The zero-order valence-electron chi connectivity index (χ0n) is 19.2. The van der Waals surface area contributed by atoms with E-state index in [0.717, 1.165) is 6.08 Å². The minimum absolute atomic E-state index is 0.0675. The third-order valence-corrected chi connectivity index (χ3v) is 8.23. The molecule has 3 amide bonds. The van der Waals surface area contributed by atoms with Gasteiger partial charge in [0.1, 0.15) is 5.78 Å². The summed E-state index contributed by atoms with van der Waals surface area (Å²) in [6.07, 6.45) is -0.714. The van der Waals surface area contributed by atoms with E-state index in [0.29, 0.717) is 29.2 Å². The van der Waals surface area contributed by atoms with Crippen molar-refractivity contribution in [3.05, 3.63) is 40.1 Å². The number of nitrogens with one attached hydrogen (secondary N) is 3. The van der Waals surface area contributed by atoms with Crippen LogP contribution in [-0.4, -0.2) is 89.0 Å². The van der Waals surface area contributed by atoms with E-state index in [9.17, 15) is 29.4 Å². The Balaban J connectivity index is 3.32. The fourth-order valence-corrected chi connectivity index (χ4v) is 7.38. The minimum Gasteiger partial charge on any atom is -0.394 e. The average molecular weight is 843 g/mol. The number of benzene rings is 1. The first-order valence-electron chi connectivity index (χ1n) is 10.7. The summed E-state index contributed by atoms with van der Waals surface area (Å²) in [6, 6.07) is 0. The quantitative estimate of drug-likeness (QED) is 0.0724. The predicted molar refractivity (Wildman–Crippen MR) is 157 cm³/mol. The molecule has 200 valence electrons. The first-order chi connectivity index (χ1) is 17.0. The van der Waals surface area contributed by atoms with Gasteiger partial charge in [-0.2, -0.15) is 0 Å². The number of carbonyl (C=O) groups excluding carboxylic acids is 4. The fraction of sp³-hybridized carbons (Fsp3) is 0.455. The van der Waals surface area contributed by atoms with Gasteiger partial charge in [0.15, 0.2) is 0 Å². The Morgan fingerprint density at radius 1 is 0.833 bits per heavy atom. The molecule has 0 saturated carbocycles. The molecule has 0 fully saturated rings. The molecule has 0 heterocycles. The standard InChI is InChI=1S/C22H28I3N3O8/c1-2-15(34)26-5-3-4-11(31)6-14-18(23)16(21(35)27-7-12(32)9-29)20(25)17(19(14)24)22(36)28-8-13(33)10-30/h2,12-13,29-30,32-33H,1,3-10H2,(H,26,34)(H,27,35)(H,28,36). The second kappa shape index (κ2) is 16.8. The van der Waals surface area contributed by atoms with Gasteiger partial charge in [0.25, 0.3) is 11.8 Å². The molecule has 2 unspecified atom stereocenters. The molecule has 1 aromatic carbocycles. The van der Waals surface area contributed by atoms with Crippen LogP contribution in [0.3, 0.4) is 0 Å². The molecule has 11 nitrogen and oxygen atoms in total. The van der Waals surface area contributed by atoms with Crippen LogP contribution in [0.2, 0.25) is 0 Å². The van der Waals surface area contributed by atoms with E-state index in [2.05, 4.69) is 22.5 Å². The van der Waals surface area contributed by atoms with Crippen LogP contribution in [0.15, 0.2) is 12.7 Å². The van der Waals surface area contributed by atoms with Gasteiger partial charge >= 0.3 is 0 Å². The topological polar surface area (TPSA) is 185 Å². The number of aliphatic hydroxyl groups is 4. The monoisotopic (exact) mass is 843 g/mol. The number of halogens is 3. The van der Waals surface area contributed by atoms with Crippen molar-refractivity contribution in [1.82, 2.24) is 16.0 Å². The molecule has 14 heteroatoms. The average Bonchev–Trinajstić information content (AvgIpc) is 2.85. The summed E-state index contributed by atoms with van der Waals surface area (Å²) < 4.78 is 1.21. The molecule has 2 atom stereocenters. The second-order valence-corrected chi connectivity index (χ2v) is 10.8. The summed E-state index contributed by atoms with van der Waals surface area (Å²) in [5.41, 5.74) is 0.740. The van der Waals surface area contributed by atoms with E-state index in [4.69, 9.17) is 10.2 Å². The summed E-state index contributed by atoms with van der Waals surface area (Å²) >= 11 is 5.73. The number of hydrogen-bond donors (Lipinski definition) is 7. The van der Waals surface area contributed by atoms with Crippen molar-refractivity contribution in [2.75, 3.05) is 32.8 Å².